The van der Waals surface area contributed by atoms with Crippen molar-refractivity contribution in [2.45, 2.75) is 0 Å². The van der Waals surface area contributed by atoms with Gasteiger partial charge in [0.1, 0.15) is 5.02 Å². The van der Waals surface area contributed by atoms with Crippen LogP contribution in [-0.4, -0.2) is 0 Å². The molecule has 0 aromatic heterocycles. The Labute approximate surface area is 78.2 Å². The lowest BCUT2D eigenvalue weighted by molar-refractivity contribution is -0.00000345. The van der Waals surface area contributed by atoms with Crippen molar-refractivity contribution in [3.8, 4) is 0 Å². The molecule has 0 unspecified atom stereocenters. The van der Waals surface area contributed by atoms with Crippen LogP contribution in [0, 0.1) is 17.0 Å². The van der Waals surface area contributed by atoms with Crippen molar-refractivity contribution in [2.75, 3.05) is 0 Å². The zero-order chi connectivity index (χ0) is 8.43. The average molecular weight is 211 g/mol. The topological polar surface area (TPSA) is 28.1 Å². The fourth-order valence-electron chi connectivity index (χ4n) is 0.589. The molecule has 0 aliphatic heterocycles. The smallest absolute Gasteiger partial charge is 0.406 e. The lowest BCUT2D eigenvalue weighted by atomic mass is 10.3. The summed E-state index contributed by atoms with van der Waals surface area (Å²) in [6, 6.07) is 1.45. The summed E-state index contributed by atoms with van der Waals surface area (Å²) in [6.45, 7) is 0. The largest absolute Gasteiger partial charge is 1.00 e. The summed E-state index contributed by atoms with van der Waals surface area (Å²) in [5.74, 6) is -2.16. The maximum atomic E-state index is 12.3. The number of hydrogen-bond donors (Lipinski definition) is 0. The Kier molecular flexibility index (Phi) is 3.87. The first-order valence-electron chi connectivity index (χ1n) is 2.65. The van der Waals surface area contributed by atoms with Crippen LogP contribution in [-0.2, 0) is 0 Å². The number of rotatable bonds is 0. The van der Waals surface area contributed by atoms with Gasteiger partial charge in [-0.25, -0.2) is 8.78 Å². The molecule has 0 N–H and O–H groups in total. The highest BCUT2D eigenvalue weighted by Gasteiger charge is 2.16. The molecule has 1 rings (SSSR count). The Balaban J connectivity index is 0.00000121. The van der Waals surface area contributed by atoms with Gasteiger partial charge in [0.2, 0.25) is 5.39 Å². The molecule has 0 spiro atoms. The van der Waals surface area contributed by atoms with Crippen molar-refractivity contribution < 1.29 is 21.2 Å². The van der Waals surface area contributed by atoms with E-state index in [-0.39, 0.29) is 23.1 Å². The number of benzene rings is 1. The Bertz CT molecular complexity index is 335. The first kappa shape index (κ1) is 11.1. The lowest BCUT2D eigenvalue weighted by Crippen LogP contribution is -3.00. The van der Waals surface area contributed by atoms with Crippen LogP contribution in [0.1, 0.15) is 0 Å². The summed E-state index contributed by atoms with van der Waals surface area (Å²) in [5, 5.41) is 8.05. The van der Waals surface area contributed by atoms with E-state index in [1.165, 1.54) is 0 Å². The van der Waals surface area contributed by atoms with Crippen molar-refractivity contribution in [1.29, 1.82) is 5.39 Å². The van der Waals surface area contributed by atoms with Crippen molar-refractivity contribution in [3.05, 3.63) is 33.8 Å². The Hall–Kier alpha value is -0.920. The Morgan fingerprint density at radius 1 is 1.25 bits per heavy atom. The molecule has 6 heteroatoms. The van der Waals surface area contributed by atoms with Gasteiger partial charge in [-0.05, 0) is 0 Å². The zero-order valence-electron chi connectivity index (χ0n) is 5.56. The van der Waals surface area contributed by atoms with Crippen molar-refractivity contribution >= 4 is 17.3 Å². The lowest BCUT2D eigenvalue weighted by Gasteiger charge is -1.88. The summed E-state index contributed by atoms with van der Waals surface area (Å²) >= 11 is 5.34. The van der Waals surface area contributed by atoms with E-state index in [1.54, 1.807) is 0 Å². The van der Waals surface area contributed by atoms with Crippen molar-refractivity contribution in [2.24, 2.45) is 0 Å². The molecule has 0 saturated carbocycles. The van der Waals surface area contributed by atoms with Crippen LogP contribution in [0.3, 0.4) is 0 Å². The first-order chi connectivity index (χ1) is 5.15. The Morgan fingerprint density at radius 3 is 2.25 bits per heavy atom. The van der Waals surface area contributed by atoms with Gasteiger partial charge in [0.05, 0.1) is 6.07 Å². The van der Waals surface area contributed by atoms with E-state index < -0.39 is 11.6 Å². The minimum Gasteiger partial charge on any atom is -1.00 e. The van der Waals surface area contributed by atoms with Gasteiger partial charge in [0.15, 0.2) is 16.6 Å². The SMILES string of the molecule is N#[N+]c1cc(F)c(F)cc1Cl.[Cl-]. The highest BCUT2D eigenvalue weighted by Crippen LogP contribution is 2.26. The normalized spacial score (nSPS) is 8.50. The number of halogens is 4. The summed E-state index contributed by atoms with van der Waals surface area (Å²) in [4.78, 5) is 2.63. The van der Waals surface area contributed by atoms with E-state index in [9.17, 15) is 8.78 Å². The summed E-state index contributed by atoms with van der Waals surface area (Å²) in [5.41, 5.74) is -0.189. The van der Waals surface area contributed by atoms with Crippen molar-refractivity contribution in [1.82, 2.24) is 0 Å². The summed E-state index contributed by atoms with van der Waals surface area (Å²) in [6.07, 6.45) is 0. The van der Waals surface area contributed by atoms with E-state index >= 15 is 0 Å². The van der Waals surface area contributed by atoms with E-state index in [2.05, 4.69) is 4.98 Å². The van der Waals surface area contributed by atoms with Gasteiger partial charge < -0.3 is 12.4 Å². The first-order valence-corrected chi connectivity index (χ1v) is 3.02. The predicted octanol–water partition coefficient (Wildman–Crippen LogP) is 0.107. The third-order valence-corrected chi connectivity index (χ3v) is 1.40. The molecular weight excluding hydrogens is 209 g/mol. The number of diazo groups is 1. The molecular formula is C6H2Cl2F2N2. The van der Waals surface area contributed by atoms with E-state index in [4.69, 9.17) is 17.0 Å². The van der Waals surface area contributed by atoms with Crippen LogP contribution in [0.2, 0.25) is 5.02 Å². The van der Waals surface area contributed by atoms with Gasteiger partial charge in [-0.1, -0.05) is 11.6 Å². The molecule has 64 valence electrons. The maximum absolute atomic E-state index is 12.3. The van der Waals surface area contributed by atoms with Gasteiger partial charge in [0.25, 0.3) is 0 Å². The van der Waals surface area contributed by atoms with E-state index in [0.29, 0.717) is 6.07 Å². The molecule has 12 heavy (non-hydrogen) atoms. The Morgan fingerprint density at radius 2 is 1.75 bits per heavy atom. The molecule has 1 aromatic rings. The van der Waals surface area contributed by atoms with E-state index in [1.807, 2.05) is 0 Å². The second kappa shape index (κ2) is 4.19. The molecule has 0 bridgehead atoms. The molecule has 1 aromatic carbocycles. The molecule has 0 aliphatic rings. The highest BCUT2D eigenvalue weighted by molar-refractivity contribution is 6.33. The quantitative estimate of drug-likeness (QED) is 0.442. The molecule has 0 fully saturated rings. The number of nitrogens with zero attached hydrogens (tertiary/aromatic N) is 2. The van der Waals surface area contributed by atoms with Crippen LogP contribution in [0.4, 0.5) is 14.5 Å². The van der Waals surface area contributed by atoms with Gasteiger partial charge in [-0.15, -0.1) is 0 Å². The summed E-state index contributed by atoms with van der Waals surface area (Å²) < 4.78 is 24.7. The van der Waals surface area contributed by atoms with Gasteiger partial charge >= 0.3 is 5.69 Å². The second-order valence-corrected chi connectivity index (χ2v) is 2.22. The highest BCUT2D eigenvalue weighted by atomic mass is 35.5. The van der Waals surface area contributed by atoms with Crippen LogP contribution in [0.25, 0.3) is 4.98 Å². The van der Waals surface area contributed by atoms with Crippen LogP contribution < -0.4 is 12.4 Å². The third kappa shape index (κ3) is 2.03. The van der Waals surface area contributed by atoms with Crippen LogP contribution >= 0.6 is 11.6 Å². The fraction of sp³-hybridized carbons (Fsp3) is 0. The fourth-order valence-corrected chi connectivity index (χ4v) is 0.777. The molecule has 0 atom stereocenters. The van der Waals surface area contributed by atoms with Crippen LogP contribution in [0.5, 0.6) is 0 Å². The monoisotopic (exact) mass is 210 g/mol. The minimum absolute atomic E-state index is 0. The molecule has 0 amide bonds. The van der Waals surface area contributed by atoms with Gasteiger partial charge in [0, 0.05) is 6.07 Å². The van der Waals surface area contributed by atoms with Gasteiger partial charge in [-0.3, -0.25) is 0 Å². The number of hydrogen-bond acceptors (Lipinski definition) is 1. The van der Waals surface area contributed by atoms with E-state index in [0.717, 1.165) is 6.07 Å². The minimum atomic E-state index is -1.10. The molecule has 2 nitrogen and oxygen atoms in total. The standard InChI is InChI=1S/C6H2ClF2N2.ClH/c7-3-1-4(8)5(9)2-6(3)11-10;/h1-2H;1H/q+1;/p-1. The average Bonchev–Trinajstić information content (AvgIpc) is 1.97. The summed E-state index contributed by atoms with van der Waals surface area (Å²) in [7, 11) is 0. The molecule has 0 aliphatic carbocycles. The predicted molar refractivity (Wildman–Crippen MR) is 36.1 cm³/mol. The van der Waals surface area contributed by atoms with Crippen molar-refractivity contribution in [3.63, 3.8) is 0 Å². The van der Waals surface area contributed by atoms with Gasteiger partial charge in [-0.2, -0.15) is 0 Å². The molecule has 0 heterocycles. The zero-order valence-corrected chi connectivity index (χ0v) is 7.07. The maximum Gasteiger partial charge on any atom is 0.406 e. The third-order valence-electron chi connectivity index (χ3n) is 1.10. The second-order valence-electron chi connectivity index (χ2n) is 1.82. The molecule has 0 radical (unpaired) electrons. The van der Waals surface area contributed by atoms with Crippen LogP contribution in [0.15, 0.2) is 12.1 Å². The molecule has 0 saturated heterocycles.